The number of rotatable bonds is 5. The van der Waals surface area contributed by atoms with Crippen molar-refractivity contribution in [1.82, 2.24) is 5.32 Å². The molecule has 100 valence electrons. The predicted octanol–water partition coefficient (Wildman–Crippen LogP) is 1.12. The lowest BCUT2D eigenvalue weighted by molar-refractivity contribution is -0.147. The van der Waals surface area contributed by atoms with Gasteiger partial charge in [0.15, 0.2) is 0 Å². The highest BCUT2D eigenvalue weighted by atomic mass is 16.4. The van der Waals surface area contributed by atoms with Crippen LogP contribution in [0.15, 0.2) is 0 Å². The van der Waals surface area contributed by atoms with Gasteiger partial charge in [-0.25, -0.2) is 4.79 Å². The quantitative estimate of drug-likeness (QED) is 0.675. The lowest BCUT2D eigenvalue weighted by Crippen LogP contribution is -2.53. The zero-order chi connectivity index (χ0) is 13.9. The fourth-order valence-electron chi connectivity index (χ4n) is 1.16. The van der Waals surface area contributed by atoms with Crippen LogP contribution in [0.25, 0.3) is 0 Å². The highest BCUT2D eigenvalue weighted by Gasteiger charge is 2.34. The summed E-state index contributed by atoms with van der Waals surface area (Å²) in [5, 5.41) is 11.6. The van der Waals surface area contributed by atoms with E-state index in [1.807, 2.05) is 20.8 Å². The van der Waals surface area contributed by atoms with Gasteiger partial charge in [-0.2, -0.15) is 0 Å². The van der Waals surface area contributed by atoms with Crippen LogP contribution >= 0.6 is 0 Å². The van der Waals surface area contributed by atoms with Gasteiger partial charge in [0.25, 0.3) is 0 Å². The summed E-state index contributed by atoms with van der Waals surface area (Å²) in [4.78, 5) is 22.7. The molecule has 5 nitrogen and oxygen atoms in total. The second kappa shape index (κ2) is 5.49. The number of carbonyl (C=O) groups is 2. The van der Waals surface area contributed by atoms with E-state index in [0.717, 1.165) is 0 Å². The van der Waals surface area contributed by atoms with E-state index in [1.165, 1.54) is 6.92 Å². The summed E-state index contributed by atoms with van der Waals surface area (Å²) < 4.78 is 0. The predicted molar refractivity (Wildman–Crippen MR) is 66.5 cm³/mol. The average molecular weight is 244 g/mol. The minimum Gasteiger partial charge on any atom is -0.480 e. The molecule has 0 heterocycles. The number of carboxylic acid groups (broad SMARTS) is 1. The zero-order valence-electron chi connectivity index (χ0n) is 11.3. The zero-order valence-corrected chi connectivity index (χ0v) is 11.3. The van der Waals surface area contributed by atoms with Crippen LogP contribution in [0.2, 0.25) is 0 Å². The largest absolute Gasteiger partial charge is 0.480 e. The van der Waals surface area contributed by atoms with E-state index in [0.29, 0.717) is 6.42 Å². The third-order valence-corrected chi connectivity index (χ3v) is 3.11. The van der Waals surface area contributed by atoms with E-state index < -0.39 is 11.5 Å². The molecule has 2 atom stereocenters. The Labute approximate surface area is 103 Å². The Bertz CT molecular complexity index is 297. The van der Waals surface area contributed by atoms with Crippen LogP contribution in [0.5, 0.6) is 0 Å². The molecule has 0 aromatic rings. The molecule has 0 aromatic carbocycles. The van der Waals surface area contributed by atoms with Gasteiger partial charge in [0.1, 0.15) is 5.54 Å². The van der Waals surface area contributed by atoms with E-state index >= 15 is 0 Å². The van der Waals surface area contributed by atoms with Crippen molar-refractivity contribution in [1.29, 1.82) is 0 Å². The first-order chi connectivity index (χ1) is 7.53. The van der Waals surface area contributed by atoms with Crippen molar-refractivity contribution in [2.45, 2.75) is 59.0 Å². The van der Waals surface area contributed by atoms with Crippen molar-refractivity contribution in [3.63, 3.8) is 0 Å². The second-order valence-electron chi connectivity index (χ2n) is 5.72. The first kappa shape index (κ1) is 15.9. The molecule has 17 heavy (non-hydrogen) atoms. The highest BCUT2D eigenvalue weighted by Crippen LogP contribution is 2.20. The molecule has 1 amide bonds. The van der Waals surface area contributed by atoms with Crippen molar-refractivity contribution in [2.75, 3.05) is 0 Å². The summed E-state index contributed by atoms with van der Waals surface area (Å²) >= 11 is 0. The van der Waals surface area contributed by atoms with Crippen molar-refractivity contribution in [3.05, 3.63) is 0 Å². The smallest absolute Gasteiger partial charge is 0.329 e. The third-order valence-electron chi connectivity index (χ3n) is 3.11. The van der Waals surface area contributed by atoms with E-state index in [-0.39, 0.29) is 23.8 Å². The van der Waals surface area contributed by atoms with Crippen LogP contribution in [0.1, 0.15) is 47.5 Å². The average Bonchev–Trinajstić information content (AvgIpc) is 2.15. The number of nitrogens with one attached hydrogen (secondary N) is 1. The minimum absolute atomic E-state index is 0.131. The van der Waals surface area contributed by atoms with Gasteiger partial charge in [-0.15, -0.1) is 0 Å². The molecular weight excluding hydrogens is 220 g/mol. The number of hydrogen-bond acceptors (Lipinski definition) is 3. The molecule has 0 aromatic heterocycles. The summed E-state index contributed by atoms with van der Waals surface area (Å²) in [6.45, 7) is 9.05. The van der Waals surface area contributed by atoms with Crippen LogP contribution in [-0.4, -0.2) is 28.6 Å². The monoisotopic (exact) mass is 244 g/mol. The van der Waals surface area contributed by atoms with Gasteiger partial charge in [-0.3, -0.25) is 4.79 Å². The Hall–Kier alpha value is -1.10. The Morgan fingerprint density at radius 3 is 2.06 bits per heavy atom. The van der Waals surface area contributed by atoms with Gasteiger partial charge < -0.3 is 16.2 Å². The van der Waals surface area contributed by atoms with Crippen molar-refractivity contribution >= 4 is 11.9 Å². The van der Waals surface area contributed by atoms with Gasteiger partial charge in [0, 0.05) is 12.5 Å². The maximum Gasteiger partial charge on any atom is 0.329 e. The fourth-order valence-corrected chi connectivity index (χ4v) is 1.16. The lowest BCUT2D eigenvalue weighted by Gasteiger charge is -2.29. The van der Waals surface area contributed by atoms with Crippen LogP contribution in [0.4, 0.5) is 0 Å². The number of nitrogens with two attached hydrogens (primary N) is 1. The Balaban J connectivity index is 4.51. The van der Waals surface area contributed by atoms with Gasteiger partial charge in [-0.1, -0.05) is 27.7 Å². The SMILES string of the molecule is CCC(C)(NC(=O)CC(N)C(C)(C)C)C(=O)O. The standard InChI is InChI=1S/C12H24N2O3/c1-6-12(5,10(16)17)14-9(15)7-8(13)11(2,3)4/h8H,6-7,13H2,1-5H3,(H,14,15)(H,16,17). The van der Waals surface area contributed by atoms with Crippen LogP contribution in [0.3, 0.4) is 0 Å². The highest BCUT2D eigenvalue weighted by molar-refractivity contribution is 5.86. The van der Waals surface area contributed by atoms with Crippen molar-refractivity contribution < 1.29 is 14.7 Å². The fraction of sp³-hybridized carbons (Fsp3) is 0.833. The molecular formula is C12H24N2O3. The normalized spacial score (nSPS) is 17.1. The molecule has 2 unspecified atom stereocenters. The van der Waals surface area contributed by atoms with E-state index in [1.54, 1.807) is 6.92 Å². The molecule has 0 aliphatic carbocycles. The van der Waals surface area contributed by atoms with Crippen LogP contribution in [0, 0.1) is 5.41 Å². The molecule has 4 N–H and O–H groups in total. The number of amides is 1. The summed E-state index contributed by atoms with van der Waals surface area (Å²) in [6.07, 6.45) is 0.463. The topological polar surface area (TPSA) is 92.4 Å². The number of hydrogen-bond donors (Lipinski definition) is 3. The first-order valence-electron chi connectivity index (χ1n) is 5.83. The summed E-state index contributed by atoms with van der Waals surface area (Å²) in [6, 6.07) is -0.294. The Morgan fingerprint density at radius 1 is 1.29 bits per heavy atom. The van der Waals surface area contributed by atoms with E-state index in [9.17, 15) is 9.59 Å². The maximum atomic E-state index is 11.7. The Morgan fingerprint density at radius 2 is 1.76 bits per heavy atom. The van der Waals surface area contributed by atoms with Crippen molar-refractivity contribution in [2.24, 2.45) is 11.1 Å². The van der Waals surface area contributed by atoms with Crippen molar-refractivity contribution in [3.8, 4) is 0 Å². The van der Waals surface area contributed by atoms with Gasteiger partial charge in [0.2, 0.25) is 5.91 Å². The molecule has 0 aliphatic rings. The van der Waals surface area contributed by atoms with E-state index in [2.05, 4.69) is 5.32 Å². The molecule has 0 saturated heterocycles. The molecule has 0 radical (unpaired) electrons. The molecule has 0 aliphatic heterocycles. The third kappa shape index (κ3) is 4.73. The Kier molecular flexibility index (Phi) is 5.13. The maximum absolute atomic E-state index is 11.7. The molecule has 0 bridgehead atoms. The molecule has 0 saturated carbocycles. The van der Waals surface area contributed by atoms with Crippen LogP contribution < -0.4 is 11.1 Å². The lowest BCUT2D eigenvalue weighted by atomic mass is 9.85. The summed E-state index contributed by atoms with van der Waals surface area (Å²) in [5.74, 6) is -1.35. The number of carbonyl (C=O) groups excluding carboxylic acids is 1. The van der Waals surface area contributed by atoms with Gasteiger partial charge in [0.05, 0.1) is 0 Å². The molecule has 5 heteroatoms. The van der Waals surface area contributed by atoms with Crippen LogP contribution in [-0.2, 0) is 9.59 Å². The number of aliphatic carboxylic acids is 1. The van der Waals surface area contributed by atoms with Gasteiger partial charge >= 0.3 is 5.97 Å². The minimum atomic E-state index is -1.21. The number of carboxylic acids is 1. The summed E-state index contributed by atoms with van der Waals surface area (Å²) in [7, 11) is 0. The summed E-state index contributed by atoms with van der Waals surface area (Å²) in [5.41, 5.74) is 4.49. The van der Waals surface area contributed by atoms with E-state index in [4.69, 9.17) is 10.8 Å². The molecule has 0 spiro atoms. The molecule has 0 rings (SSSR count). The first-order valence-corrected chi connectivity index (χ1v) is 5.83. The van der Waals surface area contributed by atoms with Gasteiger partial charge in [-0.05, 0) is 18.8 Å². The second-order valence-corrected chi connectivity index (χ2v) is 5.72. The molecule has 0 fully saturated rings.